The van der Waals surface area contributed by atoms with E-state index in [1.807, 2.05) is 24.6 Å². The first-order chi connectivity index (χ1) is 24.8. The first-order valence-corrected chi connectivity index (χ1v) is 19.8. The molecule has 0 radical (unpaired) electrons. The summed E-state index contributed by atoms with van der Waals surface area (Å²) in [5.74, 6) is 1.85. The van der Waals surface area contributed by atoms with Crippen LogP contribution in [0.25, 0.3) is 0 Å². The van der Waals surface area contributed by atoms with Gasteiger partial charge in [-0.3, -0.25) is 0 Å². The van der Waals surface area contributed by atoms with Crippen LogP contribution in [0.4, 0.5) is 17.1 Å². The lowest BCUT2D eigenvalue weighted by Gasteiger charge is -2.26. The van der Waals surface area contributed by atoms with Crippen LogP contribution in [0.2, 0.25) is 0 Å². The van der Waals surface area contributed by atoms with E-state index in [1.165, 1.54) is 101 Å². The van der Waals surface area contributed by atoms with Crippen molar-refractivity contribution in [2.45, 2.75) is 131 Å². The number of rotatable bonds is 22. The quantitative estimate of drug-likeness (QED) is 0.0981. The van der Waals surface area contributed by atoms with Crippen LogP contribution in [0.1, 0.15) is 133 Å². The summed E-state index contributed by atoms with van der Waals surface area (Å²) in [5.41, 5.74) is 7.89. The highest BCUT2D eigenvalue weighted by Gasteiger charge is 2.26. The van der Waals surface area contributed by atoms with Gasteiger partial charge in [0.25, 0.3) is 5.96 Å². The van der Waals surface area contributed by atoms with Crippen molar-refractivity contribution in [2.75, 3.05) is 43.6 Å². The average Bonchev–Trinajstić information content (AvgIpc) is 3.70. The predicted octanol–water partition coefficient (Wildman–Crippen LogP) is 11.0. The Morgan fingerprint density at radius 2 is 1.31 bits per heavy atom. The van der Waals surface area contributed by atoms with Crippen LogP contribution in [0.15, 0.2) is 57.4 Å². The molecule has 0 spiro atoms. The number of benzene rings is 2. The van der Waals surface area contributed by atoms with E-state index >= 15 is 0 Å². The number of hydrogen-bond acceptors (Lipinski definition) is 6. The second-order valence-electron chi connectivity index (χ2n) is 14.3. The molecule has 2 aromatic carbocycles. The molecule has 0 saturated carbocycles. The van der Waals surface area contributed by atoms with E-state index in [0.29, 0.717) is 17.5 Å². The Kier molecular flexibility index (Phi) is 16.2. The van der Waals surface area contributed by atoms with Crippen molar-refractivity contribution in [3.05, 3.63) is 65.0 Å². The summed E-state index contributed by atoms with van der Waals surface area (Å²) in [7, 11) is 3.89. The van der Waals surface area contributed by atoms with Gasteiger partial charge in [0, 0.05) is 49.3 Å². The number of aryl methyl sites for hydroxylation is 3. The number of amidine groups is 1. The van der Waals surface area contributed by atoms with Crippen molar-refractivity contribution in [3.63, 3.8) is 0 Å². The predicted molar refractivity (Wildman–Crippen MR) is 219 cm³/mol. The molecule has 0 saturated heterocycles. The molecule has 0 atom stereocenters. The largest absolute Gasteiger partial charge is 0.496 e. The summed E-state index contributed by atoms with van der Waals surface area (Å²) in [6.45, 7) is 16.1. The molecule has 51 heavy (non-hydrogen) atoms. The third-order valence-electron chi connectivity index (χ3n) is 9.89. The number of unbranched alkanes of at least 4 members (excludes halogenated alkanes) is 11. The van der Waals surface area contributed by atoms with Gasteiger partial charge in [0.2, 0.25) is 0 Å². The normalized spacial score (nSPS) is 13.5. The highest BCUT2D eigenvalue weighted by molar-refractivity contribution is 6.53. The molecule has 0 aliphatic carbocycles. The number of hydrogen-bond donors (Lipinski definition) is 0. The van der Waals surface area contributed by atoms with Gasteiger partial charge in [0.15, 0.2) is 5.84 Å². The third kappa shape index (κ3) is 11.5. The molecule has 1 aliphatic rings. The number of aliphatic imine (C=N–C) groups is 3. The standard InChI is InChI=1S/C43H65N7O/c1-9-12-15-17-19-21-28-49(29-22-20-18-16-13-10-2)37-24-26-40(51-8)38(32-37)41-42(46-43(45-41)50-35(6)31-34(5)47-50)44-39-25-23-36(30-33(39)4)48(7)27-14-11-3/h23-26,30-32H,9-22,27-29H2,1-8H3/b44-42-. The Bertz CT molecular complexity index is 1600. The zero-order valence-corrected chi connectivity index (χ0v) is 33.1. The Labute approximate surface area is 309 Å². The van der Waals surface area contributed by atoms with Gasteiger partial charge in [-0.2, -0.15) is 10.1 Å². The molecule has 1 aromatic heterocycles. The Morgan fingerprint density at radius 1 is 0.686 bits per heavy atom. The van der Waals surface area contributed by atoms with Crippen molar-refractivity contribution in [2.24, 2.45) is 15.0 Å². The summed E-state index contributed by atoms with van der Waals surface area (Å²) < 4.78 is 7.81. The zero-order valence-electron chi connectivity index (χ0n) is 33.1. The lowest BCUT2D eigenvalue weighted by atomic mass is 10.0. The molecule has 3 aromatic rings. The summed E-state index contributed by atoms with van der Waals surface area (Å²) in [6.07, 6.45) is 17.8. The van der Waals surface area contributed by atoms with E-state index in [1.54, 1.807) is 7.11 Å². The number of methoxy groups -OCH3 is 1. The van der Waals surface area contributed by atoms with Gasteiger partial charge in [-0.1, -0.05) is 91.4 Å². The molecule has 0 N–H and O–H groups in total. The molecule has 0 fully saturated rings. The van der Waals surface area contributed by atoms with Crippen LogP contribution in [-0.2, 0) is 0 Å². The molecule has 4 rings (SSSR count). The first-order valence-electron chi connectivity index (χ1n) is 19.8. The Balaban J connectivity index is 1.71. The summed E-state index contributed by atoms with van der Waals surface area (Å²) in [4.78, 5) is 20.2. The van der Waals surface area contributed by atoms with Crippen molar-refractivity contribution in [3.8, 4) is 5.75 Å². The second kappa shape index (κ2) is 20.8. The van der Waals surface area contributed by atoms with Crippen molar-refractivity contribution in [1.29, 1.82) is 0 Å². The van der Waals surface area contributed by atoms with Crippen molar-refractivity contribution in [1.82, 2.24) is 9.78 Å². The number of anilines is 2. The average molecular weight is 696 g/mol. The van der Waals surface area contributed by atoms with Gasteiger partial charge in [-0.25, -0.2) is 14.7 Å². The minimum absolute atomic E-state index is 0.520. The van der Waals surface area contributed by atoms with Gasteiger partial charge in [0.1, 0.15) is 11.5 Å². The SMILES string of the molecule is CCCCCCCCN(CCCCCCCC)c1ccc(OC)c(C2=NC(n3nc(C)cc3C)=N/C2=N\c2ccc(N(C)CCCC)cc2C)c1. The van der Waals surface area contributed by atoms with Crippen LogP contribution < -0.4 is 14.5 Å². The van der Waals surface area contributed by atoms with Gasteiger partial charge in [0.05, 0.1) is 18.5 Å². The molecule has 1 aliphatic heterocycles. The molecule has 8 heteroatoms. The summed E-state index contributed by atoms with van der Waals surface area (Å²) in [6, 6.07) is 15.1. The van der Waals surface area contributed by atoms with E-state index in [0.717, 1.165) is 53.6 Å². The minimum Gasteiger partial charge on any atom is -0.496 e. The monoisotopic (exact) mass is 696 g/mol. The maximum absolute atomic E-state index is 6.00. The summed E-state index contributed by atoms with van der Waals surface area (Å²) in [5, 5.41) is 4.72. The molecule has 2 heterocycles. The Hall–Kier alpha value is -3.94. The molecular formula is C43H65N7O. The van der Waals surface area contributed by atoms with Crippen molar-refractivity contribution < 1.29 is 4.74 Å². The highest BCUT2D eigenvalue weighted by Crippen LogP contribution is 2.31. The van der Waals surface area contributed by atoms with Gasteiger partial charge in [-0.05, 0) is 88.1 Å². The fourth-order valence-corrected chi connectivity index (χ4v) is 6.76. The van der Waals surface area contributed by atoms with Gasteiger partial charge >= 0.3 is 0 Å². The van der Waals surface area contributed by atoms with Crippen molar-refractivity contribution >= 4 is 34.6 Å². The van der Waals surface area contributed by atoms with Crippen LogP contribution in [0.3, 0.4) is 0 Å². The number of ether oxygens (including phenoxy) is 1. The van der Waals surface area contributed by atoms with E-state index in [2.05, 4.69) is 80.9 Å². The molecular weight excluding hydrogens is 631 g/mol. The fraction of sp³-hybridized carbons (Fsp3) is 0.581. The fourth-order valence-electron chi connectivity index (χ4n) is 6.76. The summed E-state index contributed by atoms with van der Waals surface area (Å²) >= 11 is 0. The smallest absolute Gasteiger partial charge is 0.253 e. The maximum atomic E-state index is 6.00. The number of aromatic nitrogens is 2. The molecule has 0 amide bonds. The van der Waals surface area contributed by atoms with Crippen LogP contribution in [0, 0.1) is 20.8 Å². The first kappa shape index (κ1) is 39.8. The van der Waals surface area contributed by atoms with Gasteiger partial charge in [-0.15, -0.1) is 0 Å². The Morgan fingerprint density at radius 3 is 1.90 bits per heavy atom. The highest BCUT2D eigenvalue weighted by atomic mass is 16.5. The van der Waals surface area contributed by atoms with Crippen LogP contribution in [-0.4, -0.2) is 61.1 Å². The van der Waals surface area contributed by atoms with Gasteiger partial charge < -0.3 is 14.5 Å². The minimum atomic E-state index is 0.520. The molecule has 8 nitrogen and oxygen atoms in total. The van der Waals surface area contributed by atoms with E-state index < -0.39 is 0 Å². The third-order valence-corrected chi connectivity index (χ3v) is 9.89. The molecule has 0 unspecified atom stereocenters. The lowest BCUT2D eigenvalue weighted by Crippen LogP contribution is -2.26. The van der Waals surface area contributed by atoms with Crippen LogP contribution in [0.5, 0.6) is 5.75 Å². The lowest BCUT2D eigenvalue weighted by molar-refractivity contribution is 0.414. The van der Waals surface area contributed by atoms with Crippen LogP contribution >= 0.6 is 0 Å². The topological polar surface area (TPSA) is 70.6 Å². The number of nitrogens with zero attached hydrogens (tertiary/aromatic N) is 7. The zero-order chi connectivity index (χ0) is 36.6. The molecule has 278 valence electrons. The van der Waals surface area contributed by atoms with E-state index in [4.69, 9.17) is 24.8 Å². The van der Waals surface area contributed by atoms with E-state index in [9.17, 15) is 0 Å². The second-order valence-corrected chi connectivity index (χ2v) is 14.3. The van der Waals surface area contributed by atoms with E-state index in [-0.39, 0.29) is 0 Å². The maximum Gasteiger partial charge on any atom is 0.253 e. The molecule has 0 bridgehead atoms.